The van der Waals surface area contributed by atoms with Crippen molar-refractivity contribution in [2.24, 2.45) is 5.41 Å². The Morgan fingerprint density at radius 3 is 2.38 bits per heavy atom. The number of carbonyl (C=O) groups is 1. The zero-order valence-electron chi connectivity index (χ0n) is 21.2. The molecule has 0 amide bonds. The van der Waals surface area contributed by atoms with E-state index in [1.807, 2.05) is 6.92 Å². The number of hydrogen-bond donors (Lipinski definition) is 0. The van der Waals surface area contributed by atoms with Gasteiger partial charge >= 0.3 is 5.97 Å². The molecule has 1 aromatic rings. The van der Waals surface area contributed by atoms with Crippen molar-refractivity contribution in [2.75, 3.05) is 0 Å². The second-order valence-corrected chi connectivity index (χ2v) is 11.9. The van der Waals surface area contributed by atoms with E-state index in [4.69, 9.17) is 4.74 Å². The maximum absolute atomic E-state index is 11.3. The van der Waals surface area contributed by atoms with Crippen LogP contribution in [-0.2, 0) is 19.8 Å². The van der Waals surface area contributed by atoms with Gasteiger partial charge in [-0.3, -0.25) is 4.79 Å². The summed E-state index contributed by atoms with van der Waals surface area (Å²) in [4.78, 5) is 11.3. The maximum atomic E-state index is 11.3. The molecule has 1 aromatic carbocycles. The third kappa shape index (κ3) is 8.09. The van der Waals surface area contributed by atoms with Crippen LogP contribution in [0.25, 0.3) is 0 Å². The molecule has 2 atom stereocenters. The van der Waals surface area contributed by atoms with E-state index in [0.29, 0.717) is 6.42 Å². The molecule has 0 fully saturated rings. The van der Waals surface area contributed by atoms with Gasteiger partial charge in [0.25, 0.3) is 10.3 Å². The van der Waals surface area contributed by atoms with E-state index in [-0.39, 0.29) is 21.2 Å². The molecule has 0 saturated heterocycles. The van der Waals surface area contributed by atoms with E-state index in [9.17, 15) is 13.2 Å². The van der Waals surface area contributed by atoms with Crippen LogP contribution in [0.2, 0.25) is 0 Å². The summed E-state index contributed by atoms with van der Waals surface area (Å²) in [7, 11) is -2.59. The zero-order chi connectivity index (χ0) is 25.5. The van der Waals surface area contributed by atoms with E-state index >= 15 is 0 Å². The van der Waals surface area contributed by atoms with Crippen molar-refractivity contribution in [3.8, 4) is 0 Å². The zero-order valence-corrected chi connectivity index (χ0v) is 23.6. The van der Waals surface area contributed by atoms with Crippen molar-refractivity contribution in [3.63, 3.8) is 0 Å². The molecule has 34 heavy (non-hydrogen) atoms. The Labute approximate surface area is 214 Å². The Balaban J connectivity index is 2.29. The quantitative estimate of drug-likeness (QED) is 0.112. The molecule has 1 aliphatic carbocycles. The number of benzene rings is 1. The van der Waals surface area contributed by atoms with Crippen molar-refractivity contribution in [1.29, 1.82) is 0 Å². The van der Waals surface area contributed by atoms with Crippen LogP contribution in [-0.4, -0.2) is 24.3 Å². The van der Waals surface area contributed by atoms with Gasteiger partial charge < -0.3 is 4.74 Å². The summed E-state index contributed by atoms with van der Waals surface area (Å²) in [6.07, 6.45) is 8.87. The van der Waals surface area contributed by atoms with E-state index in [1.54, 1.807) is 0 Å². The minimum Gasteiger partial charge on any atom is -0.410 e. The van der Waals surface area contributed by atoms with E-state index in [0.717, 1.165) is 18.4 Å². The van der Waals surface area contributed by atoms with Crippen LogP contribution in [0.1, 0.15) is 85.1 Å². The Kier molecular flexibility index (Phi) is 10.6. The number of rotatable bonds is 8. The molecular weight excluding hydrogens is 512 g/mol. The van der Waals surface area contributed by atoms with Gasteiger partial charge in [0.1, 0.15) is 0 Å². The number of alkyl halides is 1. The summed E-state index contributed by atoms with van der Waals surface area (Å²) in [6, 6.07) is 10.7. The van der Waals surface area contributed by atoms with E-state index in [2.05, 4.69) is 80.0 Å². The van der Waals surface area contributed by atoms with Crippen LogP contribution in [0.5, 0.6) is 0 Å². The van der Waals surface area contributed by atoms with Gasteiger partial charge in [-0.05, 0) is 69.9 Å². The van der Waals surface area contributed by atoms with Gasteiger partial charge in [-0.2, -0.15) is 8.42 Å². The van der Waals surface area contributed by atoms with Gasteiger partial charge in [-0.25, -0.2) is 0 Å². The van der Waals surface area contributed by atoms with Crippen molar-refractivity contribution in [2.45, 2.75) is 84.4 Å². The summed E-state index contributed by atoms with van der Waals surface area (Å²) in [5.74, 6) is -0.428. The molecule has 186 valence electrons. The summed E-state index contributed by atoms with van der Waals surface area (Å²) in [6.45, 7) is 12.2. The fraction of sp³-hybridized carbons (Fsp3) is 0.500. The van der Waals surface area contributed by atoms with Gasteiger partial charge in [0.2, 0.25) is 5.05 Å². The van der Waals surface area contributed by atoms with Crippen LogP contribution in [0.3, 0.4) is 0 Å². The summed E-state index contributed by atoms with van der Waals surface area (Å²) >= 11 is 3.85. The van der Waals surface area contributed by atoms with Crippen LogP contribution in [0, 0.1) is 5.41 Å². The Bertz CT molecular complexity index is 1100. The fourth-order valence-corrected chi connectivity index (χ4v) is 5.68. The molecule has 0 aliphatic heterocycles. The third-order valence-electron chi connectivity index (χ3n) is 6.50. The van der Waals surface area contributed by atoms with Crippen LogP contribution in [0.4, 0.5) is 0 Å². The first kappa shape index (κ1) is 28.3. The molecule has 6 heteroatoms. The molecule has 0 bridgehead atoms. The van der Waals surface area contributed by atoms with Crippen LogP contribution >= 0.6 is 15.9 Å². The van der Waals surface area contributed by atoms with Gasteiger partial charge in [0.05, 0.1) is 0 Å². The van der Waals surface area contributed by atoms with Crippen LogP contribution in [0.15, 0.2) is 64.8 Å². The van der Waals surface area contributed by atoms with Gasteiger partial charge in [0, 0.05) is 17.7 Å². The standard InChI is InChI=1S/C28H37BrO4S/c1-19(17-26(34(31)32)33-22(4)30)14-15-25(29)21(3)18-24(23-12-8-7-9-13-23)27-20(2)11-10-16-28(27,5)6/h7-9,12-13,17-18,24-25H,10-11,14-16H2,1-6H3. The SMILES string of the molecule is CC(=O)OC(C=C(C)CCC(Br)C(C)=CC(C1=C(C)CCCC1(C)C)c1ccccc1)=S(=O)=O. The third-order valence-corrected chi connectivity index (χ3v) is 8.21. The lowest BCUT2D eigenvalue weighted by atomic mass is 9.66. The number of allylic oxidation sites excluding steroid dienone is 5. The highest BCUT2D eigenvalue weighted by Crippen LogP contribution is 2.48. The molecule has 0 heterocycles. The normalized spacial score (nSPS) is 18.3. The highest BCUT2D eigenvalue weighted by Gasteiger charge is 2.33. The molecular formula is C28H37BrO4S. The molecule has 4 nitrogen and oxygen atoms in total. The molecule has 2 rings (SSSR count). The molecule has 0 radical (unpaired) electrons. The summed E-state index contributed by atoms with van der Waals surface area (Å²) in [5.41, 5.74) is 6.57. The molecule has 0 spiro atoms. The van der Waals surface area contributed by atoms with Gasteiger partial charge in [-0.1, -0.05) is 88.5 Å². The average Bonchev–Trinajstić information content (AvgIpc) is 2.75. The predicted octanol–water partition coefficient (Wildman–Crippen LogP) is 7.31. The number of esters is 1. The number of hydrogen-bond acceptors (Lipinski definition) is 4. The molecule has 0 saturated carbocycles. The smallest absolute Gasteiger partial charge is 0.309 e. The van der Waals surface area contributed by atoms with Gasteiger partial charge in [-0.15, -0.1) is 0 Å². The second-order valence-electron chi connectivity index (χ2n) is 9.87. The van der Waals surface area contributed by atoms with Crippen molar-refractivity contribution >= 4 is 37.2 Å². The Morgan fingerprint density at radius 2 is 1.82 bits per heavy atom. The first-order chi connectivity index (χ1) is 15.9. The minimum atomic E-state index is -2.59. The van der Waals surface area contributed by atoms with E-state index < -0.39 is 16.3 Å². The van der Waals surface area contributed by atoms with Crippen molar-refractivity contribution < 1.29 is 17.9 Å². The summed E-state index contributed by atoms with van der Waals surface area (Å²) < 4.78 is 27.4. The lowest BCUT2D eigenvalue weighted by Gasteiger charge is -2.39. The van der Waals surface area contributed by atoms with Crippen LogP contribution < -0.4 is 0 Å². The number of halogens is 1. The predicted molar refractivity (Wildman–Crippen MR) is 145 cm³/mol. The molecule has 2 unspecified atom stereocenters. The largest absolute Gasteiger partial charge is 0.410 e. The van der Waals surface area contributed by atoms with Gasteiger partial charge in [0.15, 0.2) is 0 Å². The minimum absolute atomic E-state index is 0.143. The van der Waals surface area contributed by atoms with E-state index in [1.165, 1.54) is 48.1 Å². The lowest BCUT2D eigenvalue weighted by Crippen LogP contribution is -2.25. The van der Waals surface area contributed by atoms with Crippen molar-refractivity contribution in [3.05, 3.63) is 70.3 Å². The molecule has 1 aliphatic rings. The average molecular weight is 550 g/mol. The number of ether oxygens (including phenoxy) is 1. The first-order valence-corrected chi connectivity index (χ1v) is 13.8. The Morgan fingerprint density at radius 1 is 1.18 bits per heavy atom. The molecule has 0 aromatic heterocycles. The highest BCUT2D eigenvalue weighted by molar-refractivity contribution is 9.09. The van der Waals surface area contributed by atoms with Crippen molar-refractivity contribution in [1.82, 2.24) is 0 Å². The molecule has 0 N–H and O–H groups in total. The highest BCUT2D eigenvalue weighted by atomic mass is 79.9. The summed E-state index contributed by atoms with van der Waals surface area (Å²) in [5, 5.41) is -0.338. The second kappa shape index (κ2) is 12.7. The monoisotopic (exact) mass is 548 g/mol. The lowest BCUT2D eigenvalue weighted by molar-refractivity contribution is -0.132. The fourth-order valence-electron chi connectivity index (χ4n) is 4.81. The Hall–Kier alpha value is -1.92. The maximum Gasteiger partial charge on any atom is 0.309 e. The topological polar surface area (TPSA) is 60.4 Å². The number of carbonyl (C=O) groups excluding carboxylic acids is 1. The first-order valence-electron chi connectivity index (χ1n) is 11.8.